The smallest absolute Gasteiger partial charge is 0.338 e. The van der Waals surface area contributed by atoms with Crippen molar-refractivity contribution >= 4 is 16.9 Å². The Labute approximate surface area is 99.4 Å². The highest BCUT2D eigenvalue weighted by Crippen LogP contribution is 2.25. The first-order chi connectivity index (χ1) is 8.16. The van der Waals surface area contributed by atoms with Gasteiger partial charge in [0.1, 0.15) is 0 Å². The number of methoxy groups -OCH3 is 1. The molecular weight excluding hydrogens is 218 g/mol. The van der Waals surface area contributed by atoms with Crippen LogP contribution in [0.1, 0.15) is 16.1 Å². The van der Waals surface area contributed by atoms with E-state index in [0.29, 0.717) is 18.7 Å². The zero-order valence-corrected chi connectivity index (χ0v) is 9.93. The largest absolute Gasteiger partial charge is 0.478 e. The van der Waals surface area contributed by atoms with E-state index in [9.17, 15) is 9.90 Å². The third kappa shape index (κ3) is 1.91. The summed E-state index contributed by atoms with van der Waals surface area (Å²) in [6.07, 6.45) is 0. The van der Waals surface area contributed by atoms with Crippen molar-refractivity contribution in [3.63, 3.8) is 0 Å². The number of carbonyl (C=O) groups is 1. The molecule has 0 saturated heterocycles. The molecule has 0 unspecified atom stereocenters. The molecule has 1 heterocycles. The van der Waals surface area contributed by atoms with Crippen LogP contribution in [-0.2, 0) is 11.3 Å². The average Bonchev–Trinajstić information content (AvgIpc) is 2.58. The van der Waals surface area contributed by atoms with Gasteiger partial charge >= 0.3 is 5.97 Å². The number of hydrogen-bond acceptors (Lipinski definition) is 2. The van der Waals surface area contributed by atoms with Gasteiger partial charge in [0, 0.05) is 30.3 Å². The van der Waals surface area contributed by atoms with Gasteiger partial charge in [0.25, 0.3) is 0 Å². The number of para-hydroxylation sites is 1. The van der Waals surface area contributed by atoms with E-state index >= 15 is 0 Å². The van der Waals surface area contributed by atoms with Gasteiger partial charge in [-0.05, 0) is 13.0 Å². The van der Waals surface area contributed by atoms with E-state index in [4.69, 9.17) is 4.74 Å². The van der Waals surface area contributed by atoms with Crippen molar-refractivity contribution in [1.82, 2.24) is 4.57 Å². The highest BCUT2D eigenvalue weighted by atomic mass is 16.5. The minimum absolute atomic E-state index is 0.386. The second-order valence-corrected chi connectivity index (χ2v) is 3.93. The molecule has 1 aromatic heterocycles. The monoisotopic (exact) mass is 233 g/mol. The minimum Gasteiger partial charge on any atom is -0.478 e. The van der Waals surface area contributed by atoms with Crippen LogP contribution in [0.4, 0.5) is 0 Å². The number of aromatic nitrogens is 1. The van der Waals surface area contributed by atoms with E-state index in [1.54, 1.807) is 7.11 Å². The molecular formula is C13H15NO3. The number of nitrogens with zero attached hydrogens (tertiary/aromatic N) is 1. The van der Waals surface area contributed by atoms with Gasteiger partial charge in [-0.15, -0.1) is 0 Å². The summed E-state index contributed by atoms with van der Waals surface area (Å²) in [6.45, 7) is 3.06. The maximum absolute atomic E-state index is 11.3. The molecule has 4 heteroatoms. The van der Waals surface area contributed by atoms with E-state index in [0.717, 1.165) is 16.6 Å². The van der Waals surface area contributed by atoms with E-state index in [2.05, 4.69) is 0 Å². The molecule has 4 nitrogen and oxygen atoms in total. The summed E-state index contributed by atoms with van der Waals surface area (Å²) in [5.74, 6) is -0.880. The number of carboxylic acid groups (broad SMARTS) is 1. The first-order valence-corrected chi connectivity index (χ1v) is 5.47. The molecule has 2 rings (SSSR count). The standard InChI is InChI=1S/C13H15NO3/c1-9-12(13(15)16)10-5-3-4-6-11(10)14(9)7-8-17-2/h3-6H,7-8H2,1-2H3,(H,15,16). The van der Waals surface area contributed by atoms with Gasteiger partial charge in [-0.2, -0.15) is 0 Å². The van der Waals surface area contributed by atoms with Crippen LogP contribution >= 0.6 is 0 Å². The lowest BCUT2D eigenvalue weighted by Crippen LogP contribution is -2.07. The van der Waals surface area contributed by atoms with E-state index in [1.807, 2.05) is 35.8 Å². The van der Waals surface area contributed by atoms with Gasteiger partial charge in [0.15, 0.2) is 0 Å². The van der Waals surface area contributed by atoms with Gasteiger partial charge in [-0.1, -0.05) is 18.2 Å². The Morgan fingerprint density at radius 2 is 2.12 bits per heavy atom. The third-order valence-corrected chi connectivity index (χ3v) is 2.96. The topological polar surface area (TPSA) is 51.5 Å². The first-order valence-electron chi connectivity index (χ1n) is 5.47. The fourth-order valence-electron chi connectivity index (χ4n) is 2.17. The summed E-state index contributed by atoms with van der Waals surface area (Å²) in [5.41, 5.74) is 2.10. The molecule has 0 aliphatic rings. The van der Waals surface area contributed by atoms with Gasteiger partial charge in [-0.3, -0.25) is 0 Å². The minimum atomic E-state index is -0.880. The van der Waals surface area contributed by atoms with E-state index in [1.165, 1.54) is 0 Å². The molecule has 0 aliphatic heterocycles. The normalized spacial score (nSPS) is 10.9. The quantitative estimate of drug-likeness (QED) is 0.881. The molecule has 0 amide bonds. The van der Waals surface area contributed by atoms with Crippen LogP contribution < -0.4 is 0 Å². The molecule has 17 heavy (non-hydrogen) atoms. The number of carboxylic acids is 1. The predicted molar refractivity (Wildman–Crippen MR) is 65.5 cm³/mol. The second kappa shape index (κ2) is 4.59. The number of aromatic carboxylic acids is 1. The highest BCUT2D eigenvalue weighted by molar-refractivity contribution is 6.05. The number of ether oxygens (including phenoxy) is 1. The van der Waals surface area contributed by atoms with Crippen molar-refractivity contribution in [2.75, 3.05) is 13.7 Å². The Bertz CT molecular complexity index is 557. The molecule has 1 N–H and O–H groups in total. The Kier molecular flexibility index (Phi) is 3.15. The molecule has 0 atom stereocenters. The van der Waals surface area contributed by atoms with Crippen molar-refractivity contribution in [1.29, 1.82) is 0 Å². The molecule has 0 radical (unpaired) electrons. The van der Waals surface area contributed by atoms with Crippen molar-refractivity contribution in [3.05, 3.63) is 35.5 Å². The molecule has 90 valence electrons. The van der Waals surface area contributed by atoms with Gasteiger partial charge in [0.05, 0.1) is 12.2 Å². The second-order valence-electron chi connectivity index (χ2n) is 3.93. The van der Waals surface area contributed by atoms with E-state index < -0.39 is 5.97 Å². The first kappa shape index (κ1) is 11.7. The molecule has 1 aromatic carbocycles. The lowest BCUT2D eigenvalue weighted by atomic mass is 10.1. The Morgan fingerprint density at radius 1 is 1.41 bits per heavy atom. The lowest BCUT2D eigenvalue weighted by Gasteiger charge is -2.07. The number of benzene rings is 1. The fraction of sp³-hybridized carbons (Fsp3) is 0.308. The number of hydrogen-bond donors (Lipinski definition) is 1. The molecule has 0 saturated carbocycles. The third-order valence-electron chi connectivity index (χ3n) is 2.96. The summed E-state index contributed by atoms with van der Waals surface area (Å²) in [5, 5.41) is 10.0. The van der Waals surface area contributed by atoms with Gasteiger partial charge in [-0.25, -0.2) is 4.79 Å². The summed E-state index contributed by atoms with van der Waals surface area (Å²) >= 11 is 0. The van der Waals surface area contributed by atoms with Gasteiger partial charge in [0.2, 0.25) is 0 Å². The van der Waals surface area contributed by atoms with Crippen LogP contribution in [0.15, 0.2) is 24.3 Å². The molecule has 2 aromatic rings. The molecule has 0 aliphatic carbocycles. The van der Waals surface area contributed by atoms with E-state index in [-0.39, 0.29) is 0 Å². The number of fused-ring (bicyclic) bond motifs is 1. The van der Waals surface area contributed by atoms with Gasteiger partial charge < -0.3 is 14.4 Å². The Balaban J connectivity index is 2.66. The molecule has 0 fully saturated rings. The summed E-state index contributed by atoms with van der Waals surface area (Å²) in [7, 11) is 1.64. The Hall–Kier alpha value is -1.81. The lowest BCUT2D eigenvalue weighted by molar-refractivity contribution is 0.0697. The van der Waals surface area contributed by atoms with Crippen LogP contribution in [0.2, 0.25) is 0 Å². The summed E-state index contributed by atoms with van der Waals surface area (Å²) < 4.78 is 7.04. The maximum atomic E-state index is 11.3. The molecule has 0 spiro atoms. The Morgan fingerprint density at radius 3 is 2.76 bits per heavy atom. The summed E-state index contributed by atoms with van der Waals surface area (Å²) in [4.78, 5) is 11.3. The zero-order valence-electron chi connectivity index (χ0n) is 9.93. The van der Waals surface area contributed by atoms with Crippen molar-refractivity contribution in [3.8, 4) is 0 Å². The predicted octanol–water partition coefficient (Wildman–Crippen LogP) is 2.29. The summed E-state index contributed by atoms with van der Waals surface area (Å²) in [6, 6.07) is 7.55. The SMILES string of the molecule is COCCn1c(C)c(C(=O)O)c2ccccc21. The average molecular weight is 233 g/mol. The molecule has 0 bridgehead atoms. The maximum Gasteiger partial charge on any atom is 0.338 e. The van der Waals surface area contributed by atoms with Crippen LogP contribution in [-0.4, -0.2) is 29.4 Å². The van der Waals surface area contributed by atoms with Crippen molar-refractivity contribution < 1.29 is 14.6 Å². The fourth-order valence-corrected chi connectivity index (χ4v) is 2.17. The zero-order chi connectivity index (χ0) is 12.4. The number of rotatable bonds is 4. The van der Waals surface area contributed by atoms with Crippen LogP contribution in [0.5, 0.6) is 0 Å². The van der Waals surface area contributed by atoms with Crippen LogP contribution in [0.25, 0.3) is 10.9 Å². The van der Waals surface area contributed by atoms with Crippen LogP contribution in [0, 0.1) is 6.92 Å². The van der Waals surface area contributed by atoms with Crippen molar-refractivity contribution in [2.24, 2.45) is 0 Å². The highest BCUT2D eigenvalue weighted by Gasteiger charge is 2.18. The van der Waals surface area contributed by atoms with Crippen LogP contribution in [0.3, 0.4) is 0 Å². The van der Waals surface area contributed by atoms with Crippen molar-refractivity contribution in [2.45, 2.75) is 13.5 Å².